The minimum atomic E-state index is -0.0434. The molecule has 0 spiro atoms. The van der Waals surface area contributed by atoms with Gasteiger partial charge in [0.1, 0.15) is 23.0 Å². The van der Waals surface area contributed by atoms with Crippen LogP contribution in [0.3, 0.4) is 0 Å². The Morgan fingerprint density at radius 1 is 0.387 bits per heavy atom. The molecule has 0 saturated carbocycles. The molecule has 7 aromatic carbocycles. The summed E-state index contributed by atoms with van der Waals surface area (Å²) in [6.07, 6.45) is 0. The molecule has 0 unspecified atom stereocenters. The van der Waals surface area contributed by atoms with Crippen molar-refractivity contribution in [1.29, 1.82) is 0 Å². The summed E-state index contributed by atoms with van der Waals surface area (Å²) in [6.45, 7) is 27.3. The minimum absolute atomic E-state index is 0.0185. The number of hydrogen-bond donors (Lipinski definition) is 0. The lowest BCUT2D eigenvalue weighted by Gasteiger charge is -2.35. The van der Waals surface area contributed by atoms with Crippen LogP contribution in [0.15, 0.2) is 133 Å². The van der Waals surface area contributed by atoms with Gasteiger partial charge in [-0.1, -0.05) is 192 Å². The van der Waals surface area contributed by atoms with Crippen molar-refractivity contribution in [3.63, 3.8) is 0 Å². The van der Waals surface area contributed by atoms with Crippen LogP contribution in [0.5, 0.6) is 23.0 Å². The Morgan fingerprint density at radius 2 is 0.758 bits per heavy atom. The summed E-state index contributed by atoms with van der Waals surface area (Å²) in [7, 11) is 0. The van der Waals surface area contributed by atoms with E-state index in [9.17, 15) is 0 Å². The highest BCUT2D eigenvalue weighted by Crippen LogP contribution is 2.45. The van der Waals surface area contributed by atoms with Gasteiger partial charge in [0.15, 0.2) is 0 Å². The first kappa shape index (κ1) is 40.1. The van der Waals surface area contributed by atoms with Crippen molar-refractivity contribution in [3.05, 3.63) is 156 Å². The number of para-hydroxylation sites is 2. The maximum atomic E-state index is 7.09. The minimum Gasteiger partial charge on any atom is -0.458 e. The molecular weight excluding hydrogens is 753 g/mol. The van der Waals surface area contributed by atoms with Gasteiger partial charge in [-0.3, -0.25) is 0 Å². The van der Waals surface area contributed by atoms with Crippen molar-refractivity contribution < 1.29 is 9.47 Å². The topological polar surface area (TPSA) is 23.4 Å². The molecule has 0 saturated heterocycles. The van der Waals surface area contributed by atoms with Crippen LogP contribution in [0.25, 0.3) is 49.7 Å². The Balaban J connectivity index is 1.27. The number of nitrogens with zero attached hydrogens (tertiary/aromatic N) is 1. The van der Waals surface area contributed by atoms with E-state index in [2.05, 4.69) is 221 Å². The standard InChI is InChI=1S/C58H58BNO2/c1-55(2,3)37-23-19-35(20-24-37)42-15-13-17-44-45-18-14-16-43(36-21-25-38(26-22-36)56(4,5)6)54(45)60(53(42)44)41-33-50-52-51(34-41)62-49-30-28-40(58(10,11)12)32-47(49)59(52)46-31-39(57(7,8)9)27-29-48(46)61-50/h13-34H,1-12H3. The number of hydrogen-bond acceptors (Lipinski definition) is 2. The average Bonchev–Trinajstić information content (AvgIpc) is 3.57. The summed E-state index contributed by atoms with van der Waals surface area (Å²) in [5.41, 5.74) is 16.8. The summed E-state index contributed by atoms with van der Waals surface area (Å²) < 4.78 is 16.7. The maximum absolute atomic E-state index is 7.09. The van der Waals surface area contributed by atoms with E-state index < -0.39 is 0 Å². The van der Waals surface area contributed by atoms with E-state index >= 15 is 0 Å². The molecule has 0 amide bonds. The van der Waals surface area contributed by atoms with Gasteiger partial charge in [0.05, 0.1) is 16.7 Å². The monoisotopic (exact) mass is 811 g/mol. The zero-order valence-corrected chi connectivity index (χ0v) is 38.5. The first-order valence-electron chi connectivity index (χ1n) is 22.4. The van der Waals surface area contributed by atoms with Crippen LogP contribution < -0.4 is 25.9 Å². The van der Waals surface area contributed by atoms with Gasteiger partial charge >= 0.3 is 0 Å². The number of benzene rings is 7. The molecule has 4 heteroatoms. The molecule has 0 atom stereocenters. The van der Waals surface area contributed by atoms with Crippen molar-refractivity contribution >= 4 is 44.9 Å². The molecule has 0 aliphatic carbocycles. The Kier molecular flexibility index (Phi) is 8.89. The predicted octanol–water partition coefficient (Wildman–Crippen LogP) is 14.0. The summed E-state index contributed by atoms with van der Waals surface area (Å²) in [6, 6.07) is 50.0. The van der Waals surface area contributed by atoms with Crippen LogP contribution in [0.2, 0.25) is 0 Å². The van der Waals surface area contributed by atoms with E-state index in [0.29, 0.717) is 0 Å². The third kappa shape index (κ3) is 6.57. The normalized spacial score (nSPS) is 13.7. The van der Waals surface area contributed by atoms with Crippen molar-refractivity contribution in [2.75, 3.05) is 0 Å². The molecule has 0 radical (unpaired) electrons. The van der Waals surface area contributed by atoms with Crippen molar-refractivity contribution in [1.82, 2.24) is 4.57 Å². The second-order valence-corrected chi connectivity index (χ2v) is 21.9. The lowest BCUT2D eigenvalue weighted by molar-refractivity contribution is 0.463. The number of ether oxygens (including phenoxy) is 2. The van der Waals surface area contributed by atoms with Gasteiger partial charge in [0.25, 0.3) is 6.71 Å². The zero-order chi connectivity index (χ0) is 43.7. The lowest BCUT2D eigenvalue weighted by atomic mass is 9.34. The van der Waals surface area contributed by atoms with Crippen LogP contribution >= 0.6 is 0 Å². The lowest BCUT2D eigenvalue weighted by Crippen LogP contribution is -2.57. The molecule has 2 aliphatic rings. The number of aromatic nitrogens is 1. The molecule has 3 nitrogen and oxygen atoms in total. The largest absolute Gasteiger partial charge is 0.458 e. The van der Waals surface area contributed by atoms with E-state index in [4.69, 9.17) is 9.47 Å². The van der Waals surface area contributed by atoms with Crippen molar-refractivity contribution in [3.8, 4) is 50.9 Å². The fourth-order valence-corrected chi connectivity index (χ4v) is 9.69. The van der Waals surface area contributed by atoms with Crippen LogP contribution in [-0.2, 0) is 21.7 Å². The molecule has 0 bridgehead atoms. The van der Waals surface area contributed by atoms with Crippen LogP contribution in [-0.4, -0.2) is 11.3 Å². The molecular formula is C58H58BNO2. The van der Waals surface area contributed by atoms with E-state index in [1.54, 1.807) is 0 Å². The summed E-state index contributed by atoms with van der Waals surface area (Å²) >= 11 is 0. The first-order chi connectivity index (χ1) is 29.3. The maximum Gasteiger partial charge on any atom is 0.260 e. The third-order valence-electron chi connectivity index (χ3n) is 13.4. The van der Waals surface area contributed by atoms with E-state index in [1.807, 2.05) is 0 Å². The van der Waals surface area contributed by atoms with E-state index in [1.165, 1.54) is 66.2 Å². The Morgan fingerprint density at radius 3 is 1.13 bits per heavy atom. The van der Waals surface area contributed by atoms with E-state index in [-0.39, 0.29) is 28.4 Å². The van der Waals surface area contributed by atoms with Crippen molar-refractivity contribution in [2.24, 2.45) is 0 Å². The molecule has 2 aliphatic heterocycles. The molecule has 3 heterocycles. The molecule has 310 valence electrons. The van der Waals surface area contributed by atoms with Gasteiger partial charge in [-0.05, 0) is 78.1 Å². The molecule has 8 aromatic rings. The zero-order valence-electron chi connectivity index (χ0n) is 38.5. The van der Waals surface area contributed by atoms with Gasteiger partial charge in [0.2, 0.25) is 0 Å². The molecule has 1 aromatic heterocycles. The second kappa shape index (κ2) is 13.8. The SMILES string of the molecule is CC(C)(C)c1ccc(-c2cccc3c4cccc(-c5ccc(C(C)(C)C)cc5)c4n(-c4cc5c6c(c4)Oc4ccc(C(C)(C)C)cc4B6c4cc(C(C)(C)C)ccc4O5)c23)cc1. The van der Waals surface area contributed by atoms with Gasteiger partial charge in [0, 0.05) is 39.5 Å². The smallest absolute Gasteiger partial charge is 0.260 e. The van der Waals surface area contributed by atoms with Crippen molar-refractivity contribution in [2.45, 2.75) is 105 Å². The predicted molar refractivity (Wildman–Crippen MR) is 264 cm³/mol. The Hall–Kier alpha value is -6.00. The van der Waals surface area contributed by atoms with Gasteiger partial charge < -0.3 is 14.0 Å². The quantitative estimate of drug-likeness (QED) is 0.166. The third-order valence-corrected chi connectivity index (χ3v) is 13.4. The summed E-state index contributed by atoms with van der Waals surface area (Å²) in [5, 5.41) is 2.41. The highest BCUT2D eigenvalue weighted by Gasteiger charge is 2.42. The van der Waals surface area contributed by atoms with Gasteiger partial charge in [-0.2, -0.15) is 0 Å². The van der Waals surface area contributed by atoms with Crippen LogP contribution in [0.1, 0.15) is 105 Å². The Labute approximate surface area is 368 Å². The second-order valence-electron chi connectivity index (χ2n) is 21.9. The highest BCUT2D eigenvalue weighted by molar-refractivity contribution is 6.98. The first-order valence-corrected chi connectivity index (χ1v) is 22.4. The molecule has 0 fully saturated rings. The van der Waals surface area contributed by atoms with Gasteiger partial charge in [-0.15, -0.1) is 0 Å². The van der Waals surface area contributed by atoms with E-state index in [0.717, 1.165) is 45.2 Å². The molecule has 0 N–H and O–H groups in total. The van der Waals surface area contributed by atoms with Crippen LogP contribution in [0, 0.1) is 0 Å². The average molecular weight is 812 g/mol. The highest BCUT2D eigenvalue weighted by atomic mass is 16.5. The van der Waals surface area contributed by atoms with Gasteiger partial charge in [-0.25, -0.2) is 0 Å². The fourth-order valence-electron chi connectivity index (χ4n) is 9.69. The fraction of sp³-hybridized carbons (Fsp3) is 0.276. The summed E-state index contributed by atoms with van der Waals surface area (Å²) in [4.78, 5) is 0. The number of fused-ring (bicyclic) bond motifs is 7. The molecule has 10 rings (SSSR count). The Bertz CT molecular complexity index is 2880. The molecule has 62 heavy (non-hydrogen) atoms. The summed E-state index contributed by atoms with van der Waals surface area (Å²) in [5.74, 6) is 3.46. The number of rotatable bonds is 3. The van der Waals surface area contributed by atoms with Crippen LogP contribution in [0.4, 0.5) is 0 Å².